The van der Waals surface area contributed by atoms with Crippen molar-refractivity contribution in [3.63, 3.8) is 0 Å². The Bertz CT molecular complexity index is 1630. The van der Waals surface area contributed by atoms with Crippen LogP contribution in [0, 0.1) is 26.2 Å². The summed E-state index contributed by atoms with van der Waals surface area (Å²) in [5, 5.41) is 10.5. The molecule has 0 unspecified atom stereocenters. The Balaban J connectivity index is -0.0000000455. The molecule has 6 N–H and O–H groups in total. The van der Waals surface area contributed by atoms with Gasteiger partial charge in [0.25, 0.3) is 0 Å². The maximum Gasteiger partial charge on any atom is 0.303 e. The molecule has 0 radical (unpaired) electrons. The van der Waals surface area contributed by atoms with Crippen LogP contribution in [-0.4, -0.2) is 188 Å². The molecular weight excluding hydrogens is 1270 g/mol. The van der Waals surface area contributed by atoms with Gasteiger partial charge in [0.15, 0.2) is 0 Å². The number of carboxylic acid groups (broad SMARTS) is 1. The van der Waals surface area contributed by atoms with Crippen LogP contribution in [0.5, 0.6) is 0 Å². The van der Waals surface area contributed by atoms with Gasteiger partial charge in [0.05, 0.1) is 19.8 Å². The molecule has 2 rings (SSSR count). The molecule has 0 saturated heterocycles. The molecule has 2 aromatic carbocycles. The van der Waals surface area contributed by atoms with Crippen LogP contribution in [0.1, 0.15) is 273 Å². The van der Waals surface area contributed by atoms with Crippen molar-refractivity contribution >= 4 is 23.6 Å². The largest absolute Gasteiger partial charge is 0.481 e. The summed E-state index contributed by atoms with van der Waals surface area (Å²) >= 11 is 0. The van der Waals surface area contributed by atoms with Gasteiger partial charge in [-0.15, -0.1) is 12.3 Å². The van der Waals surface area contributed by atoms with Crippen molar-refractivity contribution < 1.29 is 52.7 Å². The highest BCUT2D eigenvalue weighted by Gasteiger charge is 1.95. The number of terminal acetylenes is 1. The number of rotatable bonds is 27. The van der Waals surface area contributed by atoms with Crippen LogP contribution < -0.4 is 16.8 Å². The normalized spacial score (nSPS) is 8.50. The smallest absolute Gasteiger partial charge is 0.303 e. The van der Waals surface area contributed by atoms with E-state index in [1.807, 2.05) is 110 Å². The number of amides is 2. The molecule has 0 aromatic heterocycles. The first-order valence-electron chi connectivity index (χ1n) is 36.0. The minimum Gasteiger partial charge on any atom is -0.481 e. The summed E-state index contributed by atoms with van der Waals surface area (Å²) < 4.78 is 28.1. The minimum atomic E-state index is -0.745. The van der Waals surface area contributed by atoms with Crippen molar-refractivity contribution in [2.75, 3.05) is 144 Å². The van der Waals surface area contributed by atoms with E-state index in [4.69, 9.17) is 26.7 Å². The van der Waals surface area contributed by atoms with E-state index in [2.05, 4.69) is 160 Å². The first kappa shape index (κ1) is 143. The Morgan fingerprint density at radius 1 is 0.525 bits per heavy atom. The molecule has 0 saturated carbocycles. The van der Waals surface area contributed by atoms with Crippen molar-refractivity contribution in [3.05, 3.63) is 95.6 Å². The highest BCUT2D eigenvalue weighted by atomic mass is 16.6. The van der Waals surface area contributed by atoms with Crippen LogP contribution in [-0.2, 0) is 54.1 Å². The minimum absolute atomic E-state index is 0. The molecule has 101 heavy (non-hydrogen) atoms. The number of primary amides is 1. The zero-order chi connectivity index (χ0) is 79.7. The number of nitrogens with two attached hydrogens (primary N) is 2. The Morgan fingerprint density at radius 3 is 0.990 bits per heavy atom. The molecule has 17 heteroatoms. The Labute approximate surface area is 633 Å². The summed E-state index contributed by atoms with van der Waals surface area (Å²) in [7, 11) is 21.4. The Kier molecular flexibility index (Phi) is 222. The molecule has 17 nitrogen and oxygen atoms in total. The number of Topliss-reactive ketones (excluding diaryl/α,β-unsaturated/α-hetero) is 1. The number of carboxylic acids is 1. The van der Waals surface area contributed by atoms with Gasteiger partial charge in [-0.25, -0.2) is 0 Å². The van der Waals surface area contributed by atoms with Crippen molar-refractivity contribution in [1.82, 2.24) is 20.0 Å². The Morgan fingerprint density at radius 2 is 0.851 bits per heavy atom. The van der Waals surface area contributed by atoms with E-state index in [1.54, 1.807) is 68.4 Å². The first-order valence-corrected chi connectivity index (χ1v) is 36.0. The predicted molar refractivity (Wildman–Crippen MR) is 455 cm³/mol. The summed E-state index contributed by atoms with van der Waals surface area (Å²) in [5.41, 5.74) is 13.9. The van der Waals surface area contributed by atoms with Gasteiger partial charge in [0, 0.05) is 95.1 Å². The number of benzene rings is 2. The Hall–Kier alpha value is -4.84. The number of ether oxygens (including phenoxy) is 6. The zero-order valence-electron chi connectivity index (χ0n) is 70.7. The van der Waals surface area contributed by atoms with Gasteiger partial charge in [0.2, 0.25) is 11.8 Å². The van der Waals surface area contributed by atoms with Gasteiger partial charge < -0.3 is 69.8 Å². The van der Waals surface area contributed by atoms with Crippen LogP contribution in [0.25, 0.3) is 0 Å². The standard InChI is InChI=1S/C8H11N.C7H8.C7H16.C6H15N.C6H14O.C6H14.C6H10.C5H11NO.C5H10O.C4H10O2.C4H8.C3H7NO.C3H9N.C3H8O2.C3H6O2.C3H6O.C2H7N.3CH4/c1-7-2-4-8(6-9)5-3-7;1-7-5-3-2-4-6-7;1-3-5-7-6-4-2;1-4-7(5-2)6-3;1-3-5-7-6-4-2;2*1-3-5-6-4-2;1-4-5(7)6(2)3;1-3-4-5-6-2;1-5-3-4-6-2;1-3-4-2;1-2-3(4)5;1-4(2)3;1-4-3-5-2;1-2-3(4)5;1-3(2)4;1-3-2;;;/h2-5H,6,9H2,1H3;2-6H,1H3;3-7H2,1-2H3;4-6H2,1-3H3;3-6H2,1-2H3;3-6H2,1-2H3;1H,4-6H2,2H3;4H2,1-3H3;3-4H,5H2,1-2H3;3-4H2,1-2H3;3-4H,1-2H3;2H2,1H3,(H2,4,5);1-3H3;3H2,1-2H3;2H2,1H3,(H,4,5);1-2H3;3H,1-2H3;3*1H4/b;;;;;;;;4-3+;;4-3+;;;;;;;;;. The third-order valence-corrected chi connectivity index (χ3v) is 10.2. The van der Waals surface area contributed by atoms with Crippen molar-refractivity contribution in [2.45, 2.75) is 276 Å². The molecule has 614 valence electrons. The first-order chi connectivity index (χ1) is 46.5. The molecule has 0 aliphatic rings. The van der Waals surface area contributed by atoms with Gasteiger partial charge in [-0.05, 0) is 128 Å². The van der Waals surface area contributed by atoms with Crippen LogP contribution in [0.4, 0.5) is 0 Å². The fourth-order valence-electron chi connectivity index (χ4n) is 4.57. The number of hydrogen-bond acceptors (Lipinski definition) is 14. The fourth-order valence-corrected chi connectivity index (χ4v) is 4.57. The number of methoxy groups -OCH3 is 5. The number of allylic oxidation sites excluding steroid dienone is 3. The molecular formula is C84H182N6O11. The highest BCUT2D eigenvalue weighted by Crippen LogP contribution is 2.01. The zero-order valence-corrected chi connectivity index (χ0v) is 70.7. The number of aliphatic carboxylic acids is 1. The lowest BCUT2D eigenvalue weighted by atomic mass is 10.2. The molecule has 0 fully saturated rings. The van der Waals surface area contributed by atoms with Crippen LogP contribution >= 0.6 is 0 Å². The fraction of sp³-hybridized carbons (Fsp3) is 0.738. The van der Waals surface area contributed by atoms with Crippen LogP contribution in [0.2, 0.25) is 0 Å². The molecule has 0 aliphatic heterocycles. The lowest BCUT2D eigenvalue weighted by Crippen LogP contribution is -2.21. The van der Waals surface area contributed by atoms with E-state index >= 15 is 0 Å². The number of nitrogens with one attached hydrogen (secondary N) is 1. The lowest BCUT2D eigenvalue weighted by Gasteiger charge is -2.13. The number of nitrogens with zero attached hydrogens (tertiary/aromatic N) is 3. The monoisotopic (exact) mass is 1450 g/mol. The SMILES string of the molecule is C.C.C.C#CCCCC.C/C=C/C.C/C=C/COC.CC(C)=O.CCC(=O)N(C)C.CCC(=O)O.CCC(N)=O.CCCCCC.CCCCCCC.CCCOCCC.CCN(CC)CC.CN(C)C.CNC.COCCOC.COCOC.Cc1ccc(CN)cc1.Cc1ccccc1. The summed E-state index contributed by atoms with van der Waals surface area (Å²) in [6, 6.07) is 18.5. The van der Waals surface area contributed by atoms with E-state index in [-0.39, 0.29) is 46.3 Å². The molecule has 0 atom stereocenters. The van der Waals surface area contributed by atoms with Crippen molar-refractivity contribution in [3.8, 4) is 12.3 Å². The van der Waals surface area contributed by atoms with Crippen molar-refractivity contribution in [1.29, 1.82) is 0 Å². The summed E-state index contributed by atoms with van der Waals surface area (Å²) in [6.45, 7) is 48.8. The summed E-state index contributed by atoms with van der Waals surface area (Å²) in [6.07, 6.45) is 32.3. The third kappa shape index (κ3) is 282. The summed E-state index contributed by atoms with van der Waals surface area (Å²) in [5.74, 6) is 1.93. The van der Waals surface area contributed by atoms with E-state index in [0.717, 1.165) is 39.1 Å². The second kappa shape index (κ2) is 158. The van der Waals surface area contributed by atoms with Crippen molar-refractivity contribution in [2.24, 2.45) is 11.5 Å². The summed E-state index contributed by atoms with van der Waals surface area (Å²) in [4.78, 5) is 44.8. The second-order valence-corrected chi connectivity index (χ2v) is 21.5. The molecule has 0 spiro atoms. The average Bonchev–Trinajstić information content (AvgIpc) is 1.35. The van der Waals surface area contributed by atoms with Gasteiger partial charge in [-0.2, -0.15) is 0 Å². The van der Waals surface area contributed by atoms with Gasteiger partial charge >= 0.3 is 5.97 Å². The van der Waals surface area contributed by atoms with E-state index < -0.39 is 5.97 Å². The van der Waals surface area contributed by atoms with Crippen LogP contribution in [0.15, 0.2) is 78.9 Å². The van der Waals surface area contributed by atoms with E-state index in [1.165, 1.54) is 121 Å². The third-order valence-electron chi connectivity index (χ3n) is 10.2. The molecule has 0 bridgehead atoms. The number of aryl methyl sites for hydroxylation is 2. The van der Waals surface area contributed by atoms with Gasteiger partial charge in [-0.3, -0.25) is 14.4 Å². The maximum absolute atomic E-state index is 10.4. The predicted octanol–water partition coefficient (Wildman–Crippen LogP) is 20.7. The molecule has 2 amide bonds. The number of carbonyl (C=O) groups excluding carboxylic acids is 3. The number of hydrogen-bond donors (Lipinski definition) is 4. The number of carbonyl (C=O) groups is 4. The number of ketones is 1. The van der Waals surface area contributed by atoms with Gasteiger partial charge in [-0.1, -0.05) is 267 Å². The molecule has 0 aliphatic carbocycles. The molecule has 2 aromatic rings. The van der Waals surface area contributed by atoms with E-state index in [0.29, 0.717) is 39.4 Å². The maximum atomic E-state index is 10.4. The highest BCUT2D eigenvalue weighted by molar-refractivity contribution is 5.75. The quantitative estimate of drug-likeness (QED) is 0.0283. The topological polar surface area (TPSA) is 218 Å². The van der Waals surface area contributed by atoms with Gasteiger partial charge in [0.1, 0.15) is 12.6 Å². The van der Waals surface area contributed by atoms with E-state index in [9.17, 15) is 19.2 Å². The number of unbranched alkanes of at least 4 members (excludes halogenated alkanes) is 9. The lowest BCUT2D eigenvalue weighted by molar-refractivity contribution is -0.136. The average molecular weight is 1450 g/mol. The molecule has 0 heterocycles. The second-order valence-electron chi connectivity index (χ2n) is 21.5. The van der Waals surface area contributed by atoms with Crippen LogP contribution in [0.3, 0.4) is 0 Å².